The molecule has 0 radical (unpaired) electrons. The maximum atomic E-state index is 12.9. The Kier molecular flexibility index (Phi) is 9.86. The van der Waals surface area contributed by atoms with Gasteiger partial charge in [-0.2, -0.15) is 0 Å². The minimum absolute atomic E-state index is 0.0519. The summed E-state index contributed by atoms with van der Waals surface area (Å²) < 4.78 is 31.5. The molecular formula is C20H33N3O5S. The van der Waals surface area contributed by atoms with Crippen molar-refractivity contribution in [1.29, 1.82) is 0 Å². The zero-order valence-corrected chi connectivity index (χ0v) is 17.9. The van der Waals surface area contributed by atoms with E-state index in [1.54, 1.807) is 12.1 Å². The Hall–Kier alpha value is -1.68. The van der Waals surface area contributed by atoms with Crippen molar-refractivity contribution in [3.8, 4) is 5.75 Å². The number of sulfone groups is 1. The lowest BCUT2D eigenvalue weighted by atomic mass is 10.1. The Bertz CT molecular complexity index is 718. The number of hydrogen-bond donors (Lipinski definition) is 3. The predicted octanol–water partition coefficient (Wildman–Crippen LogP) is 1.59. The molecule has 1 aliphatic heterocycles. The molecule has 1 amide bonds. The maximum Gasteiger partial charge on any atom is 0.262 e. The van der Waals surface area contributed by atoms with E-state index in [0.29, 0.717) is 18.8 Å². The van der Waals surface area contributed by atoms with Crippen LogP contribution in [0.2, 0.25) is 0 Å². The van der Waals surface area contributed by atoms with Gasteiger partial charge in [-0.3, -0.25) is 14.9 Å². The van der Waals surface area contributed by atoms with Crippen molar-refractivity contribution in [3.05, 3.63) is 24.3 Å². The van der Waals surface area contributed by atoms with Gasteiger partial charge in [-0.25, -0.2) is 13.9 Å². The summed E-state index contributed by atoms with van der Waals surface area (Å²) in [6, 6.07) is 6.13. The van der Waals surface area contributed by atoms with Gasteiger partial charge in [0.1, 0.15) is 17.6 Å². The van der Waals surface area contributed by atoms with Crippen molar-refractivity contribution >= 4 is 15.7 Å². The number of carbonyl (C=O) groups is 1. The van der Waals surface area contributed by atoms with Gasteiger partial charge in [-0.1, -0.05) is 32.6 Å². The van der Waals surface area contributed by atoms with Gasteiger partial charge in [0.2, 0.25) is 0 Å². The van der Waals surface area contributed by atoms with E-state index < -0.39 is 21.0 Å². The number of rotatable bonds is 12. The molecule has 8 nitrogen and oxygen atoms in total. The van der Waals surface area contributed by atoms with Gasteiger partial charge in [0, 0.05) is 32.7 Å². The highest BCUT2D eigenvalue weighted by Gasteiger charge is 2.33. The van der Waals surface area contributed by atoms with Crippen molar-refractivity contribution in [2.75, 3.05) is 39.3 Å². The molecule has 2 rings (SSSR count). The largest absolute Gasteiger partial charge is 0.492 e. The quantitative estimate of drug-likeness (QED) is 0.264. The van der Waals surface area contributed by atoms with E-state index in [0.717, 1.165) is 52.0 Å². The Balaban J connectivity index is 1.95. The minimum atomic E-state index is -3.90. The molecule has 0 spiro atoms. The summed E-state index contributed by atoms with van der Waals surface area (Å²) in [7, 11) is -3.90. The van der Waals surface area contributed by atoms with E-state index >= 15 is 0 Å². The van der Waals surface area contributed by atoms with Crippen molar-refractivity contribution < 1.29 is 23.2 Å². The Morgan fingerprint density at radius 2 is 1.90 bits per heavy atom. The summed E-state index contributed by atoms with van der Waals surface area (Å²) in [5.74, 6) is -0.303. The molecule has 164 valence electrons. The van der Waals surface area contributed by atoms with Crippen molar-refractivity contribution in [2.24, 2.45) is 0 Å². The van der Waals surface area contributed by atoms with E-state index in [1.165, 1.54) is 17.6 Å². The molecule has 9 heteroatoms. The molecule has 1 saturated heterocycles. The highest BCUT2D eigenvalue weighted by Crippen LogP contribution is 2.23. The highest BCUT2D eigenvalue weighted by molar-refractivity contribution is 7.92. The second-order valence-electron chi connectivity index (χ2n) is 7.27. The molecule has 1 aromatic rings. The standard InChI is InChI=1S/C20H33N3O5S/c1-2-3-4-5-6-19(20(24)22-25)29(26,27)18-9-7-17(8-10-18)28-16-15-23-13-11-21-12-14-23/h7-10,19,21,25H,2-6,11-16H2,1H3,(H,22,24). The van der Waals surface area contributed by atoms with Crippen LogP contribution in [0.25, 0.3) is 0 Å². The Morgan fingerprint density at radius 3 is 2.52 bits per heavy atom. The third-order valence-corrected chi connectivity index (χ3v) is 7.26. The van der Waals surface area contributed by atoms with Crippen LogP contribution in [0, 0.1) is 0 Å². The van der Waals surface area contributed by atoms with Gasteiger partial charge in [-0.05, 0) is 30.7 Å². The fourth-order valence-corrected chi connectivity index (χ4v) is 5.03. The maximum absolute atomic E-state index is 12.9. The molecule has 0 saturated carbocycles. The van der Waals surface area contributed by atoms with E-state index in [2.05, 4.69) is 17.1 Å². The van der Waals surface area contributed by atoms with Crippen LogP contribution in [0.5, 0.6) is 5.75 Å². The number of nitrogens with zero attached hydrogens (tertiary/aromatic N) is 1. The fraction of sp³-hybridized carbons (Fsp3) is 0.650. The second-order valence-corrected chi connectivity index (χ2v) is 9.40. The first-order valence-corrected chi connectivity index (χ1v) is 11.9. The number of carbonyl (C=O) groups excluding carboxylic acids is 1. The molecule has 29 heavy (non-hydrogen) atoms. The molecule has 0 aliphatic carbocycles. The lowest BCUT2D eigenvalue weighted by molar-refractivity contribution is -0.128. The van der Waals surface area contributed by atoms with E-state index in [9.17, 15) is 13.2 Å². The van der Waals surface area contributed by atoms with Crippen LogP contribution in [-0.2, 0) is 14.6 Å². The van der Waals surface area contributed by atoms with Crippen LogP contribution < -0.4 is 15.5 Å². The zero-order chi connectivity index (χ0) is 21.1. The summed E-state index contributed by atoms with van der Waals surface area (Å²) in [6.45, 7) is 7.35. The predicted molar refractivity (Wildman–Crippen MR) is 111 cm³/mol. The molecule has 0 bridgehead atoms. The number of unbranched alkanes of at least 4 members (excludes halogenated alkanes) is 3. The molecule has 1 heterocycles. The van der Waals surface area contributed by atoms with Crippen LogP contribution >= 0.6 is 0 Å². The van der Waals surface area contributed by atoms with Crippen molar-refractivity contribution in [1.82, 2.24) is 15.7 Å². The fourth-order valence-electron chi connectivity index (χ4n) is 3.37. The van der Waals surface area contributed by atoms with E-state index in [4.69, 9.17) is 9.94 Å². The number of benzene rings is 1. The molecule has 1 fully saturated rings. The molecule has 1 aromatic carbocycles. The topological polar surface area (TPSA) is 108 Å². The van der Waals surface area contributed by atoms with Crippen LogP contribution in [0.3, 0.4) is 0 Å². The zero-order valence-electron chi connectivity index (χ0n) is 17.1. The monoisotopic (exact) mass is 427 g/mol. The first kappa shape index (κ1) is 23.6. The molecule has 1 atom stereocenters. The average Bonchev–Trinajstić information content (AvgIpc) is 2.74. The van der Waals surface area contributed by atoms with Gasteiger partial charge in [0.15, 0.2) is 9.84 Å². The molecule has 0 aromatic heterocycles. The number of amides is 1. The van der Waals surface area contributed by atoms with Crippen LogP contribution in [0.4, 0.5) is 0 Å². The first-order chi connectivity index (χ1) is 14.0. The summed E-state index contributed by atoms with van der Waals surface area (Å²) in [6.07, 6.45) is 3.63. The lowest BCUT2D eigenvalue weighted by Crippen LogP contribution is -2.44. The highest BCUT2D eigenvalue weighted by atomic mass is 32.2. The number of hydrogen-bond acceptors (Lipinski definition) is 7. The molecule has 1 aliphatic rings. The normalized spacial score (nSPS) is 16.3. The average molecular weight is 428 g/mol. The van der Waals surface area contributed by atoms with Crippen molar-refractivity contribution in [3.63, 3.8) is 0 Å². The van der Waals surface area contributed by atoms with Gasteiger partial charge in [0.25, 0.3) is 5.91 Å². The summed E-state index contributed by atoms with van der Waals surface area (Å²) in [5, 5.41) is 11.0. The Morgan fingerprint density at radius 1 is 1.21 bits per heavy atom. The van der Waals surface area contributed by atoms with Gasteiger partial charge >= 0.3 is 0 Å². The summed E-state index contributed by atoms with van der Waals surface area (Å²) >= 11 is 0. The molecule has 3 N–H and O–H groups in total. The van der Waals surface area contributed by atoms with Gasteiger partial charge in [0.05, 0.1) is 4.90 Å². The summed E-state index contributed by atoms with van der Waals surface area (Å²) in [4.78, 5) is 14.3. The smallest absolute Gasteiger partial charge is 0.262 e. The summed E-state index contributed by atoms with van der Waals surface area (Å²) in [5.41, 5.74) is 1.50. The van der Waals surface area contributed by atoms with Crippen molar-refractivity contribution in [2.45, 2.75) is 49.2 Å². The Labute approximate surface area is 173 Å². The van der Waals surface area contributed by atoms with E-state index in [-0.39, 0.29) is 11.3 Å². The number of ether oxygens (including phenoxy) is 1. The number of hydroxylamine groups is 1. The molecule has 1 unspecified atom stereocenters. The minimum Gasteiger partial charge on any atom is -0.492 e. The van der Waals surface area contributed by atoms with Crippen LogP contribution in [-0.4, -0.2) is 69.0 Å². The number of nitrogens with one attached hydrogen (secondary N) is 2. The van der Waals surface area contributed by atoms with Crippen LogP contribution in [0.15, 0.2) is 29.2 Å². The molecular weight excluding hydrogens is 394 g/mol. The first-order valence-electron chi connectivity index (χ1n) is 10.3. The van der Waals surface area contributed by atoms with E-state index in [1.807, 2.05) is 0 Å². The number of piperazine rings is 1. The second kappa shape index (κ2) is 12.1. The van der Waals surface area contributed by atoms with Crippen LogP contribution in [0.1, 0.15) is 39.0 Å². The van der Waals surface area contributed by atoms with Gasteiger partial charge < -0.3 is 10.1 Å². The third-order valence-electron chi connectivity index (χ3n) is 5.14. The van der Waals surface area contributed by atoms with Gasteiger partial charge in [-0.15, -0.1) is 0 Å². The lowest BCUT2D eigenvalue weighted by Gasteiger charge is -2.26. The SMILES string of the molecule is CCCCCCC(C(=O)NO)S(=O)(=O)c1ccc(OCCN2CCNCC2)cc1. The third kappa shape index (κ3) is 7.26.